The molecule has 2 aromatic heterocycles. The highest BCUT2D eigenvalue weighted by Gasteiger charge is 2.23. The Morgan fingerprint density at radius 3 is 2.94 bits per heavy atom. The van der Waals surface area contributed by atoms with Crippen LogP contribution in [0.3, 0.4) is 0 Å². The second kappa shape index (κ2) is 9.60. The molecule has 8 heteroatoms. The molecule has 2 heterocycles. The largest absolute Gasteiger partial charge is 0.484 e. The minimum absolute atomic E-state index is 0.164. The Bertz CT molecular complexity index is 1240. The van der Waals surface area contributed by atoms with Gasteiger partial charge in [-0.3, -0.25) is 4.79 Å². The van der Waals surface area contributed by atoms with Crippen molar-refractivity contribution < 1.29 is 9.53 Å². The fraction of sp³-hybridized carbons (Fsp3) is 0.292. The fourth-order valence-corrected chi connectivity index (χ4v) is 5.60. The molecule has 3 aromatic rings. The number of thiophene rings is 1. The molecule has 0 radical (unpaired) electrons. The van der Waals surface area contributed by atoms with Crippen LogP contribution in [-0.4, -0.2) is 23.3 Å². The number of hydrazone groups is 1. The summed E-state index contributed by atoms with van der Waals surface area (Å²) < 4.78 is 7.54. The van der Waals surface area contributed by atoms with Crippen LogP contribution in [0.1, 0.15) is 45.8 Å². The third-order valence-electron chi connectivity index (χ3n) is 5.50. The molecule has 32 heavy (non-hydrogen) atoms. The second-order valence-corrected chi connectivity index (χ2v) is 9.22. The molecule has 0 bridgehead atoms. The third-order valence-corrected chi connectivity index (χ3v) is 7.01. The molecule has 6 nitrogen and oxygen atoms in total. The number of hydrogen-bond acceptors (Lipinski definition) is 5. The van der Waals surface area contributed by atoms with E-state index in [-0.39, 0.29) is 12.5 Å². The van der Waals surface area contributed by atoms with Crippen molar-refractivity contribution in [3.05, 3.63) is 68.3 Å². The SMILES string of the molecule is Cc1cc(/C=N\NC(=O)COc2cccc(Cl)c2)c(C)n1-c1sc2c(c1C#N)CCCC2. The monoisotopic (exact) mass is 466 g/mol. The Morgan fingerprint density at radius 1 is 1.34 bits per heavy atom. The summed E-state index contributed by atoms with van der Waals surface area (Å²) in [6.45, 7) is 3.85. The Labute approximate surface area is 196 Å². The number of amides is 1. The molecule has 1 amide bonds. The molecule has 0 unspecified atom stereocenters. The number of hydrogen-bond donors (Lipinski definition) is 1. The lowest BCUT2D eigenvalue weighted by atomic mass is 9.96. The number of carbonyl (C=O) groups is 1. The van der Waals surface area contributed by atoms with E-state index in [1.165, 1.54) is 16.9 Å². The third kappa shape index (κ3) is 4.57. The van der Waals surface area contributed by atoms with E-state index in [2.05, 4.69) is 21.2 Å². The molecular weight excluding hydrogens is 444 g/mol. The molecule has 0 aliphatic heterocycles. The van der Waals surface area contributed by atoms with Gasteiger partial charge in [0.15, 0.2) is 6.61 Å². The van der Waals surface area contributed by atoms with Gasteiger partial charge in [-0.15, -0.1) is 11.3 Å². The van der Waals surface area contributed by atoms with Gasteiger partial charge in [0.25, 0.3) is 5.91 Å². The molecule has 0 atom stereocenters. The zero-order valence-corrected chi connectivity index (χ0v) is 19.5. The molecule has 1 aliphatic carbocycles. The number of nitriles is 1. The quantitative estimate of drug-likeness (QED) is 0.406. The zero-order valence-electron chi connectivity index (χ0n) is 17.9. The van der Waals surface area contributed by atoms with Crippen LogP contribution in [0, 0.1) is 25.2 Å². The van der Waals surface area contributed by atoms with Gasteiger partial charge in [-0.05, 0) is 69.4 Å². The average molecular weight is 467 g/mol. The topological polar surface area (TPSA) is 79.4 Å². The van der Waals surface area contributed by atoms with Gasteiger partial charge in [-0.1, -0.05) is 17.7 Å². The summed E-state index contributed by atoms with van der Waals surface area (Å²) in [7, 11) is 0. The summed E-state index contributed by atoms with van der Waals surface area (Å²) in [4.78, 5) is 13.4. The van der Waals surface area contributed by atoms with Crippen molar-refractivity contribution in [1.29, 1.82) is 5.26 Å². The first kappa shape index (κ1) is 22.1. The van der Waals surface area contributed by atoms with E-state index in [9.17, 15) is 10.1 Å². The first-order chi connectivity index (χ1) is 15.5. The van der Waals surface area contributed by atoms with Crippen molar-refractivity contribution in [1.82, 2.24) is 9.99 Å². The Balaban J connectivity index is 1.47. The lowest BCUT2D eigenvalue weighted by Gasteiger charge is -2.10. The Hall–Kier alpha value is -3.08. The number of aryl methyl sites for hydroxylation is 2. The molecule has 0 fully saturated rings. The van der Waals surface area contributed by atoms with Crippen molar-refractivity contribution in [2.75, 3.05) is 6.61 Å². The van der Waals surface area contributed by atoms with Gasteiger partial charge in [0.1, 0.15) is 16.8 Å². The molecular formula is C24H23ClN4O2S. The highest BCUT2D eigenvalue weighted by atomic mass is 35.5. The van der Waals surface area contributed by atoms with Crippen LogP contribution in [0.25, 0.3) is 5.00 Å². The van der Waals surface area contributed by atoms with Crippen molar-refractivity contribution in [3.63, 3.8) is 0 Å². The maximum Gasteiger partial charge on any atom is 0.277 e. The van der Waals surface area contributed by atoms with Gasteiger partial charge >= 0.3 is 0 Å². The predicted octanol–water partition coefficient (Wildman–Crippen LogP) is 5.09. The van der Waals surface area contributed by atoms with Gasteiger partial charge in [-0.25, -0.2) is 5.43 Å². The van der Waals surface area contributed by atoms with E-state index in [0.29, 0.717) is 10.8 Å². The van der Waals surface area contributed by atoms with E-state index in [0.717, 1.165) is 46.8 Å². The predicted molar refractivity (Wildman–Crippen MR) is 127 cm³/mol. The van der Waals surface area contributed by atoms with E-state index in [1.54, 1.807) is 41.8 Å². The van der Waals surface area contributed by atoms with Crippen LogP contribution >= 0.6 is 22.9 Å². The number of fused-ring (bicyclic) bond motifs is 1. The first-order valence-electron chi connectivity index (χ1n) is 10.4. The van der Waals surface area contributed by atoms with Crippen LogP contribution in [0.15, 0.2) is 35.4 Å². The van der Waals surface area contributed by atoms with Crippen LogP contribution in [0.4, 0.5) is 0 Å². The molecule has 1 aromatic carbocycles. The second-order valence-electron chi connectivity index (χ2n) is 7.70. The van der Waals surface area contributed by atoms with Crippen LogP contribution < -0.4 is 10.2 Å². The van der Waals surface area contributed by atoms with Gasteiger partial charge in [-0.2, -0.15) is 10.4 Å². The van der Waals surface area contributed by atoms with Crippen molar-refractivity contribution in [2.45, 2.75) is 39.5 Å². The fourth-order valence-electron chi connectivity index (χ4n) is 3.97. The zero-order chi connectivity index (χ0) is 22.7. The van der Waals surface area contributed by atoms with Crippen molar-refractivity contribution in [3.8, 4) is 16.8 Å². The number of carbonyl (C=O) groups excluding carboxylic acids is 1. The van der Waals surface area contributed by atoms with Gasteiger partial charge < -0.3 is 9.30 Å². The minimum atomic E-state index is -0.368. The molecule has 0 saturated heterocycles. The standard InChI is InChI=1S/C24H23ClN4O2S/c1-15-10-17(13-27-28-23(30)14-31-19-7-5-6-18(25)11-19)16(2)29(15)24-21(12-26)20-8-3-4-9-22(20)32-24/h5-7,10-11,13H,3-4,8-9,14H2,1-2H3,(H,28,30)/b27-13-. The highest BCUT2D eigenvalue weighted by molar-refractivity contribution is 7.15. The van der Waals surface area contributed by atoms with Gasteiger partial charge in [0.2, 0.25) is 0 Å². The normalized spacial score (nSPS) is 13.1. The summed E-state index contributed by atoms with van der Waals surface area (Å²) in [6.07, 6.45) is 5.97. The van der Waals surface area contributed by atoms with E-state index < -0.39 is 0 Å². The molecule has 1 aliphatic rings. The molecule has 1 N–H and O–H groups in total. The molecule has 0 saturated carbocycles. The summed E-state index contributed by atoms with van der Waals surface area (Å²) in [6, 6.07) is 11.3. The summed E-state index contributed by atoms with van der Waals surface area (Å²) in [5, 5.41) is 15.4. The van der Waals surface area contributed by atoms with Crippen molar-refractivity contribution >= 4 is 35.1 Å². The first-order valence-corrected chi connectivity index (χ1v) is 11.6. The van der Waals surface area contributed by atoms with Crippen LogP contribution in [0.2, 0.25) is 5.02 Å². The Kier molecular flexibility index (Phi) is 6.63. The van der Waals surface area contributed by atoms with Crippen LogP contribution in [0.5, 0.6) is 5.75 Å². The summed E-state index contributed by atoms with van der Waals surface area (Å²) >= 11 is 7.63. The molecule has 0 spiro atoms. The highest BCUT2D eigenvalue weighted by Crippen LogP contribution is 2.38. The lowest BCUT2D eigenvalue weighted by Crippen LogP contribution is -2.24. The maximum absolute atomic E-state index is 12.0. The minimum Gasteiger partial charge on any atom is -0.484 e. The molecule has 164 valence electrons. The average Bonchev–Trinajstić information content (AvgIpc) is 3.28. The van der Waals surface area contributed by atoms with E-state index in [1.807, 2.05) is 19.9 Å². The van der Waals surface area contributed by atoms with E-state index in [4.69, 9.17) is 16.3 Å². The number of aromatic nitrogens is 1. The Morgan fingerprint density at radius 2 is 2.16 bits per heavy atom. The summed E-state index contributed by atoms with van der Waals surface area (Å²) in [5.41, 5.74) is 7.38. The number of rotatable bonds is 6. The van der Waals surface area contributed by atoms with Crippen molar-refractivity contribution in [2.24, 2.45) is 5.10 Å². The molecule has 4 rings (SSSR count). The number of nitrogens with zero attached hydrogens (tertiary/aromatic N) is 3. The smallest absolute Gasteiger partial charge is 0.277 e. The van der Waals surface area contributed by atoms with Crippen LogP contribution in [-0.2, 0) is 17.6 Å². The maximum atomic E-state index is 12.0. The van der Waals surface area contributed by atoms with Gasteiger partial charge in [0.05, 0.1) is 11.8 Å². The number of halogens is 1. The summed E-state index contributed by atoms with van der Waals surface area (Å²) in [5.74, 6) is 0.153. The number of benzene rings is 1. The van der Waals surface area contributed by atoms with Gasteiger partial charge in [0, 0.05) is 26.9 Å². The van der Waals surface area contributed by atoms with E-state index >= 15 is 0 Å². The number of nitrogens with one attached hydrogen (secondary N) is 1. The lowest BCUT2D eigenvalue weighted by molar-refractivity contribution is -0.123. The number of ether oxygens (including phenoxy) is 1.